The van der Waals surface area contributed by atoms with Gasteiger partial charge in [0, 0.05) is 23.2 Å². The molecule has 0 amide bonds. The fourth-order valence-electron chi connectivity index (χ4n) is 7.59. The molecule has 0 aromatic heterocycles. The zero-order valence-electron chi connectivity index (χ0n) is 19.2. The topological polar surface area (TPSA) is 101 Å². The van der Waals surface area contributed by atoms with E-state index in [1.54, 1.807) is 33.8 Å². The lowest BCUT2D eigenvalue weighted by atomic mass is 9.44. The van der Waals surface area contributed by atoms with Crippen LogP contribution in [0.2, 0.25) is 0 Å². The Balaban J connectivity index is 1.89. The van der Waals surface area contributed by atoms with E-state index in [4.69, 9.17) is 4.74 Å². The Morgan fingerprint density at radius 2 is 1.97 bits per heavy atom. The molecule has 0 spiro atoms. The summed E-state index contributed by atoms with van der Waals surface area (Å²) in [7, 11) is 0. The maximum atomic E-state index is 17.6. The van der Waals surface area contributed by atoms with Crippen molar-refractivity contribution < 1.29 is 33.7 Å². The molecular weight excluding hydrogens is 415 g/mol. The first-order chi connectivity index (χ1) is 14.9. The van der Waals surface area contributed by atoms with E-state index in [1.807, 2.05) is 0 Å². The minimum Gasteiger partial charge on any atom is -0.459 e. The van der Waals surface area contributed by atoms with Gasteiger partial charge < -0.3 is 14.9 Å². The van der Waals surface area contributed by atoms with Gasteiger partial charge in [0.1, 0.15) is 18.3 Å². The number of ketones is 2. The highest BCUT2D eigenvalue weighted by Gasteiger charge is 2.76. The van der Waals surface area contributed by atoms with Crippen LogP contribution in [-0.4, -0.2) is 51.7 Å². The van der Waals surface area contributed by atoms with Crippen LogP contribution in [-0.2, 0) is 19.1 Å². The summed E-state index contributed by atoms with van der Waals surface area (Å²) in [6.45, 7) is 6.12. The first kappa shape index (κ1) is 23.3. The second kappa shape index (κ2) is 7.32. The molecule has 0 saturated heterocycles. The van der Waals surface area contributed by atoms with E-state index in [2.05, 4.69) is 0 Å². The van der Waals surface area contributed by atoms with E-state index in [1.165, 1.54) is 12.2 Å². The van der Waals surface area contributed by atoms with Gasteiger partial charge in [-0.1, -0.05) is 32.4 Å². The number of hydrogen-bond acceptors (Lipinski definition) is 6. The lowest BCUT2D eigenvalue weighted by molar-refractivity contribution is -0.230. The lowest BCUT2D eigenvalue weighted by Gasteiger charge is -2.63. The molecule has 4 aliphatic carbocycles. The van der Waals surface area contributed by atoms with Crippen LogP contribution in [0.1, 0.15) is 59.8 Å². The Hall–Kier alpha value is -1.86. The second-order valence-electron chi connectivity index (χ2n) is 10.6. The number of ether oxygens (including phenoxy) is 1. The van der Waals surface area contributed by atoms with Gasteiger partial charge in [0.15, 0.2) is 17.2 Å². The molecule has 176 valence electrons. The van der Waals surface area contributed by atoms with Crippen LogP contribution in [0.4, 0.5) is 4.39 Å². The van der Waals surface area contributed by atoms with Crippen molar-refractivity contribution in [1.82, 2.24) is 0 Å². The van der Waals surface area contributed by atoms with Crippen LogP contribution >= 0.6 is 0 Å². The highest BCUT2D eigenvalue weighted by Crippen LogP contribution is 2.71. The van der Waals surface area contributed by atoms with Crippen molar-refractivity contribution in [2.45, 2.75) is 77.2 Å². The monoisotopic (exact) mass is 448 g/mol. The SMILES string of the molecule is CCC(=O)O[C@@H]1C[C@@]2(C)[C@H](C[C@@H](C)[C@]2(O)C(=O)CO)[C@@H]2CCC3=CC(=O)C=C[C@]3(C)[C@@]12F. The van der Waals surface area contributed by atoms with Crippen molar-refractivity contribution in [3.05, 3.63) is 23.8 Å². The van der Waals surface area contributed by atoms with Gasteiger partial charge in [-0.25, -0.2) is 4.39 Å². The number of fused-ring (bicyclic) bond motifs is 5. The number of carbonyl (C=O) groups excluding carboxylic acids is 3. The number of alkyl halides is 1. The van der Waals surface area contributed by atoms with E-state index >= 15 is 4.39 Å². The summed E-state index contributed by atoms with van der Waals surface area (Å²) in [4.78, 5) is 37.2. The average molecular weight is 449 g/mol. The number of hydrogen-bond donors (Lipinski definition) is 2. The van der Waals surface area contributed by atoms with Gasteiger partial charge in [0.2, 0.25) is 0 Å². The number of rotatable bonds is 4. The first-order valence-electron chi connectivity index (χ1n) is 11.6. The largest absolute Gasteiger partial charge is 0.459 e. The van der Waals surface area contributed by atoms with E-state index in [0.29, 0.717) is 24.8 Å². The molecule has 32 heavy (non-hydrogen) atoms. The Morgan fingerprint density at radius 3 is 2.59 bits per heavy atom. The Kier molecular flexibility index (Phi) is 5.33. The summed E-state index contributed by atoms with van der Waals surface area (Å²) in [5.41, 5.74) is -5.32. The van der Waals surface area contributed by atoms with Crippen molar-refractivity contribution in [1.29, 1.82) is 0 Å². The number of halogens is 1. The van der Waals surface area contributed by atoms with Crippen LogP contribution in [0.25, 0.3) is 0 Å². The molecule has 4 aliphatic rings. The van der Waals surface area contributed by atoms with E-state index in [9.17, 15) is 24.6 Å². The fraction of sp³-hybridized carbons (Fsp3) is 0.720. The normalized spacial score (nSPS) is 47.2. The summed E-state index contributed by atoms with van der Waals surface area (Å²) in [6.07, 6.45) is 4.69. The van der Waals surface area contributed by atoms with Gasteiger partial charge in [0.25, 0.3) is 0 Å². The van der Waals surface area contributed by atoms with Crippen molar-refractivity contribution >= 4 is 17.5 Å². The third-order valence-electron chi connectivity index (χ3n) is 9.33. The molecule has 4 rings (SSSR count). The summed E-state index contributed by atoms with van der Waals surface area (Å²) in [5, 5.41) is 21.3. The molecule has 3 fully saturated rings. The lowest BCUT2D eigenvalue weighted by Crippen LogP contribution is -2.70. The first-order valence-corrected chi connectivity index (χ1v) is 11.6. The standard InChI is InChI=1S/C25H33FO6/c1-5-21(30)32-20-12-23(4)18(10-14(2)25(23,31)19(29)13-27)17-7-6-15-11-16(28)8-9-22(15,3)24(17,20)26/h8-9,11,14,17-18,20,27,31H,5-7,10,12-13H2,1-4H3/t14-,17+,18-,20-,22+,23+,24+,25+/m1/s1. The van der Waals surface area contributed by atoms with E-state index in [-0.39, 0.29) is 24.5 Å². The molecule has 0 bridgehead atoms. The Labute approximate surface area is 187 Å². The summed E-state index contributed by atoms with van der Waals surface area (Å²) in [5.74, 6) is -2.81. The average Bonchev–Trinajstić information content (AvgIpc) is 2.96. The number of aliphatic hydroxyl groups is 2. The number of carbonyl (C=O) groups is 3. The van der Waals surface area contributed by atoms with Crippen molar-refractivity contribution in [2.24, 2.45) is 28.6 Å². The molecule has 0 aromatic carbocycles. The molecule has 2 N–H and O–H groups in total. The summed E-state index contributed by atoms with van der Waals surface area (Å²) < 4.78 is 23.3. The minimum absolute atomic E-state index is 0.0341. The predicted octanol–water partition coefficient (Wildman–Crippen LogP) is 2.86. The zero-order chi connectivity index (χ0) is 23.7. The number of esters is 1. The highest BCUT2D eigenvalue weighted by molar-refractivity contribution is 6.01. The summed E-state index contributed by atoms with van der Waals surface area (Å²) in [6, 6.07) is 0. The molecule has 0 heterocycles. The van der Waals surface area contributed by atoms with Gasteiger partial charge in [0.05, 0.1) is 0 Å². The van der Waals surface area contributed by atoms with Gasteiger partial charge >= 0.3 is 5.97 Å². The van der Waals surface area contributed by atoms with Gasteiger partial charge in [-0.05, 0) is 56.6 Å². The minimum atomic E-state index is -1.99. The molecule has 8 atom stereocenters. The molecule has 3 saturated carbocycles. The second-order valence-corrected chi connectivity index (χ2v) is 10.6. The maximum absolute atomic E-state index is 17.6. The molecule has 0 unspecified atom stereocenters. The third kappa shape index (κ3) is 2.67. The maximum Gasteiger partial charge on any atom is 0.305 e. The van der Waals surface area contributed by atoms with Gasteiger partial charge in [-0.3, -0.25) is 14.4 Å². The van der Waals surface area contributed by atoms with E-state index < -0.39 is 58.4 Å². The third-order valence-corrected chi connectivity index (χ3v) is 9.33. The quantitative estimate of drug-likeness (QED) is 0.642. The van der Waals surface area contributed by atoms with Crippen LogP contribution in [0.5, 0.6) is 0 Å². The van der Waals surface area contributed by atoms with E-state index in [0.717, 1.165) is 0 Å². The van der Waals surface area contributed by atoms with Crippen LogP contribution < -0.4 is 0 Å². The zero-order valence-corrected chi connectivity index (χ0v) is 19.2. The number of aliphatic hydroxyl groups excluding tert-OH is 1. The van der Waals surface area contributed by atoms with Crippen LogP contribution in [0, 0.1) is 28.6 Å². The van der Waals surface area contributed by atoms with Gasteiger partial charge in [-0.2, -0.15) is 0 Å². The number of Topliss-reactive ketones (excluding diaryl/α,β-unsaturated/α-hetero) is 1. The van der Waals surface area contributed by atoms with Gasteiger partial charge in [-0.15, -0.1) is 0 Å². The summed E-state index contributed by atoms with van der Waals surface area (Å²) >= 11 is 0. The Bertz CT molecular complexity index is 925. The molecule has 0 aromatic rings. The molecule has 6 nitrogen and oxygen atoms in total. The van der Waals surface area contributed by atoms with Crippen molar-refractivity contribution in [3.63, 3.8) is 0 Å². The molecular formula is C25H33FO6. The molecule has 0 aliphatic heterocycles. The van der Waals surface area contributed by atoms with Crippen molar-refractivity contribution in [3.8, 4) is 0 Å². The molecule has 0 radical (unpaired) electrons. The number of allylic oxidation sites excluding steroid dienone is 4. The smallest absolute Gasteiger partial charge is 0.305 e. The van der Waals surface area contributed by atoms with Crippen LogP contribution in [0.15, 0.2) is 23.8 Å². The fourth-order valence-corrected chi connectivity index (χ4v) is 7.59. The predicted molar refractivity (Wildman–Crippen MR) is 114 cm³/mol. The van der Waals surface area contributed by atoms with Crippen LogP contribution in [0.3, 0.4) is 0 Å². The van der Waals surface area contributed by atoms with Crippen molar-refractivity contribution in [2.75, 3.05) is 6.61 Å². The highest BCUT2D eigenvalue weighted by atomic mass is 19.1. The molecule has 7 heteroatoms. The Morgan fingerprint density at radius 1 is 1.28 bits per heavy atom.